The third-order valence-corrected chi connectivity index (χ3v) is 2.12. The molecule has 0 aromatic carbocycles. The monoisotopic (exact) mass is 220 g/mol. The number of aliphatic carboxylic acids is 1. The second-order valence-corrected chi connectivity index (χ2v) is 3.59. The van der Waals surface area contributed by atoms with Crippen LogP contribution >= 0.6 is 0 Å². The predicted molar refractivity (Wildman–Crippen MR) is 65.8 cm³/mol. The maximum atomic E-state index is 10.2. The third-order valence-electron chi connectivity index (χ3n) is 2.12. The summed E-state index contributed by atoms with van der Waals surface area (Å²) < 4.78 is 0. The molecule has 0 saturated heterocycles. The Labute approximate surface area is 98.4 Å². The van der Waals surface area contributed by atoms with Crippen molar-refractivity contribution in [3.8, 4) is 23.7 Å². The van der Waals surface area contributed by atoms with Gasteiger partial charge < -0.3 is 5.11 Å². The molecule has 0 saturated carbocycles. The van der Waals surface area contributed by atoms with E-state index in [1.807, 2.05) is 6.92 Å². The summed E-state index contributed by atoms with van der Waals surface area (Å²) in [6.45, 7) is 1.87. The highest BCUT2D eigenvalue weighted by Crippen LogP contribution is 2.04. The number of hydrogen-bond acceptors (Lipinski definition) is 1. The molecular weight excluding hydrogens is 200 g/mol. The van der Waals surface area contributed by atoms with Gasteiger partial charge in [-0.3, -0.25) is 4.79 Å². The van der Waals surface area contributed by atoms with E-state index in [1.165, 1.54) is 19.3 Å². The summed E-state index contributed by atoms with van der Waals surface area (Å²) in [7, 11) is 0. The van der Waals surface area contributed by atoms with Gasteiger partial charge in [0.25, 0.3) is 0 Å². The zero-order valence-corrected chi connectivity index (χ0v) is 10.0. The zero-order valence-electron chi connectivity index (χ0n) is 10.0. The average molecular weight is 220 g/mol. The Morgan fingerprint density at radius 3 is 2.06 bits per heavy atom. The molecule has 0 aliphatic carbocycles. The van der Waals surface area contributed by atoms with E-state index in [0.717, 1.165) is 19.3 Å². The maximum absolute atomic E-state index is 10.2. The van der Waals surface area contributed by atoms with E-state index in [0.29, 0.717) is 6.42 Å². The topological polar surface area (TPSA) is 37.3 Å². The van der Waals surface area contributed by atoms with Crippen molar-refractivity contribution in [1.29, 1.82) is 0 Å². The summed E-state index contributed by atoms with van der Waals surface area (Å²) in [5.41, 5.74) is 0. The summed E-state index contributed by atoms with van der Waals surface area (Å²) in [6, 6.07) is 0. The largest absolute Gasteiger partial charge is 0.481 e. The van der Waals surface area contributed by atoms with Crippen LogP contribution in [0.25, 0.3) is 0 Å². The molecule has 0 aromatic rings. The van der Waals surface area contributed by atoms with E-state index < -0.39 is 5.97 Å². The first-order valence-electron chi connectivity index (χ1n) is 5.84. The lowest BCUT2D eigenvalue weighted by atomic mass is 10.1. The normalized spacial score (nSPS) is 8.56. The molecule has 2 nitrogen and oxygen atoms in total. The molecule has 0 aliphatic heterocycles. The molecule has 0 atom stereocenters. The molecule has 0 unspecified atom stereocenters. The Morgan fingerprint density at radius 2 is 1.50 bits per heavy atom. The highest BCUT2D eigenvalue weighted by atomic mass is 16.4. The first-order chi connectivity index (χ1) is 7.77. The summed E-state index contributed by atoms with van der Waals surface area (Å²) >= 11 is 0. The molecule has 0 fully saturated rings. The number of rotatable bonds is 7. The van der Waals surface area contributed by atoms with Crippen molar-refractivity contribution in [1.82, 2.24) is 0 Å². The highest BCUT2D eigenvalue weighted by Gasteiger charge is 1.91. The lowest BCUT2D eigenvalue weighted by Crippen LogP contribution is -1.91. The molecule has 88 valence electrons. The molecular formula is C14H20O2. The van der Waals surface area contributed by atoms with Crippen LogP contribution < -0.4 is 0 Å². The van der Waals surface area contributed by atoms with Gasteiger partial charge in [0.1, 0.15) is 0 Å². The predicted octanol–water partition coefficient (Wildman–Crippen LogP) is 3.22. The molecule has 1 N–H and O–H groups in total. The SMILES string of the molecule is CC#CCCCCCCC#CCCC(=O)O. The molecule has 16 heavy (non-hydrogen) atoms. The molecule has 0 heterocycles. The van der Waals surface area contributed by atoms with E-state index in [9.17, 15) is 4.79 Å². The Balaban J connectivity index is 3.18. The fourth-order valence-corrected chi connectivity index (χ4v) is 1.25. The minimum atomic E-state index is -0.772. The summed E-state index contributed by atoms with van der Waals surface area (Å²) in [5.74, 6) is 11.0. The fourth-order valence-electron chi connectivity index (χ4n) is 1.25. The summed E-state index contributed by atoms with van der Waals surface area (Å²) in [6.07, 6.45) is 7.21. The number of hydrogen-bond donors (Lipinski definition) is 1. The molecule has 0 rings (SSSR count). The van der Waals surface area contributed by atoms with Crippen molar-refractivity contribution < 1.29 is 9.90 Å². The second-order valence-electron chi connectivity index (χ2n) is 3.59. The minimum absolute atomic E-state index is 0.155. The van der Waals surface area contributed by atoms with Gasteiger partial charge in [-0.05, 0) is 19.8 Å². The first kappa shape index (κ1) is 14.6. The zero-order chi connectivity index (χ0) is 12.1. The van der Waals surface area contributed by atoms with Crippen molar-refractivity contribution in [2.75, 3.05) is 0 Å². The summed E-state index contributed by atoms with van der Waals surface area (Å²) in [4.78, 5) is 10.2. The number of carboxylic acid groups (broad SMARTS) is 1. The van der Waals surface area contributed by atoms with Crippen molar-refractivity contribution >= 4 is 5.97 Å². The van der Waals surface area contributed by atoms with Gasteiger partial charge in [-0.25, -0.2) is 0 Å². The molecule has 0 amide bonds. The second kappa shape index (κ2) is 11.7. The van der Waals surface area contributed by atoms with E-state index >= 15 is 0 Å². The minimum Gasteiger partial charge on any atom is -0.481 e. The van der Waals surface area contributed by atoms with E-state index in [4.69, 9.17) is 5.11 Å². The van der Waals surface area contributed by atoms with Gasteiger partial charge in [0.05, 0.1) is 6.42 Å². The van der Waals surface area contributed by atoms with E-state index in [1.54, 1.807) is 0 Å². The molecule has 0 bridgehead atoms. The first-order valence-corrected chi connectivity index (χ1v) is 5.84. The van der Waals surface area contributed by atoms with Crippen LogP contribution in [0, 0.1) is 23.7 Å². The van der Waals surface area contributed by atoms with Gasteiger partial charge in [-0.1, -0.05) is 12.8 Å². The Kier molecular flexibility index (Phi) is 10.6. The van der Waals surface area contributed by atoms with Gasteiger partial charge in [0.15, 0.2) is 0 Å². The highest BCUT2D eigenvalue weighted by molar-refractivity contribution is 5.66. The van der Waals surface area contributed by atoms with Crippen molar-refractivity contribution in [2.45, 2.75) is 58.3 Å². The van der Waals surface area contributed by atoms with Crippen LogP contribution in [0.1, 0.15) is 58.3 Å². The third kappa shape index (κ3) is 12.6. The molecule has 2 heteroatoms. The molecule has 0 aliphatic rings. The van der Waals surface area contributed by atoms with Crippen LogP contribution in [-0.2, 0) is 4.79 Å². The number of carboxylic acids is 1. The van der Waals surface area contributed by atoms with Gasteiger partial charge >= 0.3 is 5.97 Å². The Morgan fingerprint density at radius 1 is 0.938 bits per heavy atom. The lowest BCUT2D eigenvalue weighted by Gasteiger charge is -1.94. The van der Waals surface area contributed by atoms with Crippen LogP contribution in [0.5, 0.6) is 0 Å². The van der Waals surface area contributed by atoms with E-state index in [2.05, 4.69) is 23.7 Å². The molecule has 0 radical (unpaired) electrons. The molecule has 0 aromatic heterocycles. The quantitative estimate of drug-likeness (QED) is 0.528. The maximum Gasteiger partial charge on any atom is 0.304 e. The van der Waals surface area contributed by atoms with Gasteiger partial charge in [0, 0.05) is 19.3 Å². The van der Waals surface area contributed by atoms with Crippen molar-refractivity contribution in [3.63, 3.8) is 0 Å². The number of carbonyl (C=O) groups is 1. The fraction of sp³-hybridized carbons (Fsp3) is 0.643. The Bertz CT molecular complexity index is 296. The van der Waals surface area contributed by atoms with Crippen LogP contribution in [0.2, 0.25) is 0 Å². The number of unbranched alkanes of at least 4 members (excludes halogenated alkanes) is 5. The average Bonchev–Trinajstić information content (AvgIpc) is 2.25. The van der Waals surface area contributed by atoms with Gasteiger partial charge in [-0.15, -0.1) is 23.7 Å². The smallest absolute Gasteiger partial charge is 0.304 e. The molecule has 0 spiro atoms. The van der Waals surface area contributed by atoms with Crippen molar-refractivity contribution in [3.05, 3.63) is 0 Å². The van der Waals surface area contributed by atoms with Crippen LogP contribution in [0.15, 0.2) is 0 Å². The van der Waals surface area contributed by atoms with Crippen LogP contribution in [-0.4, -0.2) is 11.1 Å². The van der Waals surface area contributed by atoms with Crippen LogP contribution in [0.3, 0.4) is 0 Å². The van der Waals surface area contributed by atoms with Gasteiger partial charge in [0.2, 0.25) is 0 Å². The Hall–Kier alpha value is -1.41. The summed E-state index contributed by atoms with van der Waals surface area (Å²) in [5, 5.41) is 8.38. The van der Waals surface area contributed by atoms with Crippen molar-refractivity contribution in [2.24, 2.45) is 0 Å². The van der Waals surface area contributed by atoms with Gasteiger partial charge in [-0.2, -0.15) is 0 Å². The lowest BCUT2D eigenvalue weighted by molar-refractivity contribution is -0.136. The standard InChI is InChI=1S/C14H20O2/c1-2-3-4-5-6-7-8-9-10-11-12-13-14(15)16/h4-9,12-13H2,1H3,(H,15,16). The van der Waals surface area contributed by atoms with E-state index in [-0.39, 0.29) is 6.42 Å². The van der Waals surface area contributed by atoms with Crippen LogP contribution in [0.4, 0.5) is 0 Å².